The number of ether oxygens (including phenoxy) is 1. The Morgan fingerprint density at radius 2 is 2.37 bits per heavy atom. The van der Waals surface area contributed by atoms with E-state index in [0.717, 1.165) is 11.3 Å². The molecule has 0 aromatic carbocycles. The molecule has 5 nitrogen and oxygen atoms in total. The minimum atomic E-state index is -3.42. The summed E-state index contributed by atoms with van der Waals surface area (Å²) in [5, 5.41) is 0. The number of thiophene rings is 1. The molecule has 0 aliphatic carbocycles. The third kappa shape index (κ3) is 3.20. The van der Waals surface area contributed by atoms with E-state index in [-0.39, 0.29) is 5.92 Å². The van der Waals surface area contributed by atoms with Crippen LogP contribution in [0.3, 0.4) is 0 Å². The van der Waals surface area contributed by atoms with E-state index in [0.29, 0.717) is 34.9 Å². The molecule has 1 fully saturated rings. The monoisotopic (exact) mass is 368 g/mol. The fourth-order valence-corrected chi connectivity index (χ4v) is 6.24. The molecule has 0 radical (unpaired) electrons. The molecule has 1 aliphatic rings. The van der Waals surface area contributed by atoms with Gasteiger partial charge in [0.25, 0.3) is 0 Å². The van der Waals surface area contributed by atoms with Gasteiger partial charge >= 0.3 is 0 Å². The average molecular weight is 369 g/mol. The van der Waals surface area contributed by atoms with E-state index in [9.17, 15) is 8.42 Å². The summed E-state index contributed by atoms with van der Waals surface area (Å²) >= 11 is 4.69. The summed E-state index contributed by atoms with van der Waals surface area (Å²) in [4.78, 5) is 1.19. The molecule has 0 saturated carbocycles. The topological polar surface area (TPSA) is 72.6 Å². The van der Waals surface area contributed by atoms with Gasteiger partial charge in [-0.2, -0.15) is 4.31 Å². The van der Waals surface area contributed by atoms with Gasteiger partial charge in [-0.1, -0.05) is 0 Å². The SMILES string of the molecule is COCC1CCN(S(=O)(=O)c2cc(CN)sc2Br)C1. The highest BCUT2D eigenvalue weighted by Gasteiger charge is 2.34. The summed E-state index contributed by atoms with van der Waals surface area (Å²) in [5.74, 6) is 0.283. The Bertz CT molecular complexity index is 544. The number of hydrogen-bond acceptors (Lipinski definition) is 5. The first-order valence-corrected chi connectivity index (χ1v) is 9.01. The van der Waals surface area contributed by atoms with Crippen molar-refractivity contribution in [2.24, 2.45) is 11.7 Å². The first kappa shape index (κ1) is 15.4. The molecular weight excluding hydrogens is 352 g/mol. The fourth-order valence-electron chi connectivity index (χ4n) is 2.20. The van der Waals surface area contributed by atoms with E-state index in [1.165, 1.54) is 15.6 Å². The van der Waals surface area contributed by atoms with Crippen LogP contribution in [0.15, 0.2) is 14.7 Å². The van der Waals surface area contributed by atoms with Crippen LogP contribution in [-0.4, -0.2) is 39.5 Å². The summed E-state index contributed by atoms with van der Waals surface area (Å²) < 4.78 is 32.4. The van der Waals surface area contributed by atoms with Gasteiger partial charge in [0.1, 0.15) is 4.90 Å². The molecule has 0 bridgehead atoms. The van der Waals surface area contributed by atoms with Crippen molar-refractivity contribution in [3.05, 3.63) is 14.7 Å². The van der Waals surface area contributed by atoms with Crippen molar-refractivity contribution < 1.29 is 13.2 Å². The standard InChI is InChI=1S/C11H17BrN2O3S2/c1-17-7-8-2-3-14(6-8)19(15,16)10-4-9(5-13)18-11(10)12/h4,8H,2-3,5-7,13H2,1H3. The second-order valence-corrected chi connectivity index (χ2v) is 8.89. The highest BCUT2D eigenvalue weighted by molar-refractivity contribution is 9.11. The zero-order valence-corrected chi connectivity index (χ0v) is 13.9. The number of halogens is 1. The number of nitrogens with zero attached hydrogens (tertiary/aromatic N) is 1. The van der Waals surface area contributed by atoms with Crippen LogP contribution in [0.1, 0.15) is 11.3 Å². The Labute approximate surface area is 125 Å². The van der Waals surface area contributed by atoms with Crippen molar-refractivity contribution in [1.29, 1.82) is 0 Å². The van der Waals surface area contributed by atoms with E-state index in [2.05, 4.69) is 15.9 Å². The predicted octanol–water partition coefficient (Wildman–Crippen LogP) is 1.63. The normalized spacial score (nSPS) is 21.1. The third-order valence-electron chi connectivity index (χ3n) is 3.18. The van der Waals surface area contributed by atoms with Gasteiger partial charge in [0.05, 0.1) is 10.4 Å². The van der Waals surface area contributed by atoms with Crippen LogP contribution >= 0.6 is 27.3 Å². The second-order valence-electron chi connectivity index (χ2n) is 4.53. The lowest BCUT2D eigenvalue weighted by Crippen LogP contribution is -2.29. The van der Waals surface area contributed by atoms with Crippen molar-refractivity contribution in [2.75, 3.05) is 26.8 Å². The molecule has 1 unspecified atom stereocenters. The Morgan fingerprint density at radius 1 is 1.63 bits per heavy atom. The van der Waals surface area contributed by atoms with Crippen LogP contribution in [0, 0.1) is 5.92 Å². The molecule has 2 N–H and O–H groups in total. The average Bonchev–Trinajstić information content (AvgIpc) is 2.96. The number of hydrogen-bond donors (Lipinski definition) is 1. The van der Waals surface area contributed by atoms with E-state index in [1.54, 1.807) is 13.2 Å². The van der Waals surface area contributed by atoms with Crippen LogP contribution < -0.4 is 5.73 Å². The maximum Gasteiger partial charge on any atom is 0.245 e. The van der Waals surface area contributed by atoms with Gasteiger partial charge in [-0.3, -0.25) is 0 Å². The van der Waals surface area contributed by atoms with Gasteiger partial charge in [-0.15, -0.1) is 11.3 Å². The summed E-state index contributed by atoms with van der Waals surface area (Å²) in [6.07, 6.45) is 0.846. The largest absolute Gasteiger partial charge is 0.384 e. The van der Waals surface area contributed by atoms with Gasteiger partial charge in [0.2, 0.25) is 10.0 Å². The third-order valence-corrected chi connectivity index (χ3v) is 7.32. The highest BCUT2D eigenvalue weighted by Crippen LogP contribution is 2.35. The molecule has 1 aromatic rings. The highest BCUT2D eigenvalue weighted by atomic mass is 79.9. The molecule has 2 rings (SSSR count). The van der Waals surface area contributed by atoms with E-state index < -0.39 is 10.0 Å². The summed E-state index contributed by atoms with van der Waals surface area (Å²) in [5.41, 5.74) is 5.56. The van der Waals surface area contributed by atoms with Gasteiger partial charge in [0, 0.05) is 31.6 Å². The maximum atomic E-state index is 12.6. The molecule has 19 heavy (non-hydrogen) atoms. The van der Waals surface area contributed by atoms with Crippen molar-refractivity contribution in [1.82, 2.24) is 4.31 Å². The first-order chi connectivity index (χ1) is 8.98. The van der Waals surface area contributed by atoms with Gasteiger partial charge < -0.3 is 10.5 Å². The molecule has 1 saturated heterocycles. The number of methoxy groups -OCH3 is 1. The predicted molar refractivity (Wildman–Crippen MR) is 78.7 cm³/mol. The molecule has 8 heteroatoms. The molecule has 1 aromatic heterocycles. The molecule has 108 valence electrons. The molecule has 1 aliphatic heterocycles. The molecule has 2 heterocycles. The van der Waals surface area contributed by atoms with Crippen LogP contribution in [0.25, 0.3) is 0 Å². The molecule has 1 atom stereocenters. The lowest BCUT2D eigenvalue weighted by molar-refractivity contribution is 0.157. The van der Waals surface area contributed by atoms with Gasteiger partial charge in [0.15, 0.2) is 0 Å². The maximum absolute atomic E-state index is 12.6. The fraction of sp³-hybridized carbons (Fsp3) is 0.636. The van der Waals surface area contributed by atoms with Crippen LogP contribution in [0.4, 0.5) is 0 Å². The van der Waals surface area contributed by atoms with Crippen LogP contribution in [-0.2, 0) is 21.3 Å². The first-order valence-electron chi connectivity index (χ1n) is 5.96. The van der Waals surface area contributed by atoms with E-state index in [1.807, 2.05) is 0 Å². The molecule has 0 amide bonds. The van der Waals surface area contributed by atoms with E-state index >= 15 is 0 Å². The Kier molecular flexibility index (Phi) is 5.02. The van der Waals surface area contributed by atoms with Crippen molar-refractivity contribution in [3.63, 3.8) is 0 Å². The minimum Gasteiger partial charge on any atom is -0.384 e. The van der Waals surface area contributed by atoms with Crippen LogP contribution in [0.5, 0.6) is 0 Å². The quantitative estimate of drug-likeness (QED) is 0.856. The lowest BCUT2D eigenvalue weighted by atomic mass is 10.1. The number of nitrogens with two attached hydrogens (primary N) is 1. The van der Waals surface area contributed by atoms with Crippen molar-refractivity contribution in [2.45, 2.75) is 17.9 Å². The van der Waals surface area contributed by atoms with Crippen molar-refractivity contribution in [3.8, 4) is 0 Å². The minimum absolute atomic E-state index is 0.283. The van der Waals surface area contributed by atoms with E-state index in [4.69, 9.17) is 10.5 Å². The van der Waals surface area contributed by atoms with Crippen molar-refractivity contribution >= 4 is 37.3 Å². The molecule has 0 spiro atoms. The Balaban J connectivity index is 2.21. The summed E-state index contributed by atoms with van der Waals surface area (Å²) in [7, 11) is -1.79. The number of rotatable bonds is 5. The zero-order chi connectivity index (χ0) is 14.0. The lowest BCUT2D eigenvalue weighted by Gasteiger charge is -2.16. The summed E-state index contributed by atoms with van der Waals surface area (Å²) in [6.45, 7) is 2.03. The summed E-state index contributed by atoms with van der Waals surface area (Å²) in [6, 6.07) is 1.66. The van der Waals surface area contributed by atoms with Crippen LogP contribution in [0.2, 0.25) is 0 Å². The van der Waals surface area contributed by atoms with Gasteiger partial charge in [-0.25, -0.2) is 8.42 Å². The Hall–Kier alpha value is 0.01000. The molecular formula is C11H17BrN2O3S2. The van der Waals surface area contributed by atoms with Gasteiger partial charge in [-0.05, 0) is 34.3 Å². The second kappa shape index (κ2) is 6.19. The number of sulfonamides is 1. The Morgan fingerprint density at radius 3 is 2.95 bits per heavy atom. The zero-order valence-electron chi connectivity index (χ0n) is 10.6. The smallest absolute Gasteiger partial charge is 0.245 e.